The number of carbonyl (C=O) groups excluding carboxylic acids is 1. The molecule has 1 atom stereocenters. The Hall–Kier alpha value is -1.06. The molecule has 1 aliphatic carbocycles. The first kappa shape index (κ1) is 15.0. The zero-order valence-electron chi connectivity index (χ0n) is 11.3. The van der Waals surface area contributed by atoms with E-state index in [1.807, 2.05) is 6.92 Å². The molecule has 0 aliphatic heterocycles. The first-order valence-electron chi connectivity index (χ1n) is 7.15. The van der Waals surface area contributed by atoms with E-state index in [-0.39, 0.29) is 5.91 Å². The van der Waals surface area contributed by atoms with Crippen LogP contribution in [0.3, 0.4) is 0 Å². The fraction of sp³-hybridized carbons (Fsp3) is 0.857. The van der Waals surface area contributed by atoms with Crippen molar-refractivity contribution in [2.24, 2.45) is 5.92 Å². The number of hydrogen-bond acceptors (Lipinski definition) is 2. The molecule has 2 N–H and O–H groups in total. The Kier molecular flexibility index (Phi) is 6.76. The monoisotopic (exact) mass is 255 g/mol. The van der Waals surface area contributed by atoms with Crippen molar-refractivity contribution < 1.29 is 14.7 Å². The van der Waals surface area contributed by atoms with Gasteiger partial charge in [-0.1, -0.05) is 45.4 Å². The molecule has 1 aliphatic rings. The van der Waals surface area contributed by atoms with Gasteiger partial charge in [-0.3, -0.25) is 4.79 Å². The molecule has 1 saturated carbocycles. The van der Waals surface area contributed by atoms with Gasteiger partial charge in [0.2, 0.25) is 5.91 Å². The molecule has 0 radical (unpaired) electrons. The summed E-state index contributed by atoms with van der Waals surface area (Å²) in [7, 11) is 0. The van der Waals surface area contributed by atoms with E-state index < -0.39 is 12.0 Å². The first-order valence-corrected chi connectivity index (χ1v) is 7.15. The zero-order valence-corrected chi connectivity index (χ0v) is 11.3. The highest BCUT2D eigenvalue weighted by molar-refractivity contribution is 5.83. The Bertz CT molecular complexity index is 272. The SMILES string of the molecule is CCCCC(NC(=O)CCC1CCCC1)C(=O)O. The van der Waals surface area contributed by atoms with Crippen LogP contribution in [0.5, 0.6) is 0 Å². The molecule has 4 nitrogen and oxygen atoms in total. The molecule has 0 saturated heterocycles. The smallest absolute Gasteiger partial charge is 0.326 e. The molecule has 0 spiro atoms. The molecule has 0 aromatic rings. The van der Waals surface area contributed by atoms with Crippen molar-refractivity contribution in [1.29, 1.82) is 0 Å². The molecule has 104 valence electrons. The number of amides is 1. The highest BCUT2D eigenvalue weighted by Crippen LogP contribution is 2.28. The minimum atomic E-state index is -0.919. The van der Waals surface area contributed by atoms with E-state index in [4.69, 9.17) is 5.11 Å². The van der Waals surface area contributed by atoms with Crippen molar-refractivity contribution in [2.75, 3.05) is 0 Å². The largest absolute Gasteiger partial charge is 0.480 e. The lowest BCUT2D eigenvalue weighted by molar-refractivity contribution is -0.142. The van der Waals surface area contributed by atoms with Gasteiger partial charge in [0, 0.05) is 6.42 Å². The van der Waals surface area contributed by atoms with Crippen LogP contribution < -0.4 is 5.32 Å². The number of carbonyl (C=O) groups is 2. The Labute approximate surface area is 109 Å². The van der Waals surface area contributed by atoms with E-state index in [0.717, 1.165) is 19.3 Å². The fourth-order valence-electron chi connectivity index (χ4n) is 2.57. The molecule has 1 rings (SSSR count). The normalized spacial score (nSPS) is 17.6. The van der Waals surface area contributed by atoms with Gasteiger partial charge < -0.3 is 10.4 Å². The lowest BCUT2D eigenvalue weighted by atomic mass is 10.0. The van der Waals surface area contributed by atoms with Crippen molar-refractivity contribution in [3.8, 4) is 0 Å². The van der Waals surface area contributed by atoms with Gasteiger partial charge in [0.15, 0.2) is 0 Å². The van der Waals surface area contributed by atoms with Gasteiger partial charge in [0.1, 0.15) is 6.04 Å². The molecule has 1 fully saturated rings. The van der Waals surface area contributed by atoms with Gasteiger partial charge in [-0.15, -0.1) is 0 Å². The van der Waals surface area contributed by atoms with E-state index >= 15 is 0 Å². The van der Waals surface area contributed by atoms with E-state index in [9.17, 15) is 9.59 Å². The number of aliphatic carboxylic acids is 1. The highest BCUT2D eigenvalue weighted by atomic mass is 16.4. The number of rotatable bonds is 8. The fourth-order valence-corrected chi connectivity index (χ4v) is 2.57. The maximum Gasteiger partial charge on any atom is 0.326 e. The first-order chi connectivity index (χ1) is 8.63. The van der Waals surface area contributed by atoms with Crippen molar-refractivity contribution in [3.05, 3.63) is 0 Å². The minimum absolute atomic E-state index is 0.106. The van der Waals surface area contributed by atoms with Crippen LogP contribution in [0, 0.1) is 5.92 Å². The lowest BCUT2D eigenvalue weighted by Crippen LogP contribution is -2.40. The van der Waals surface area contributed by atoms with E-state index in [1.54, 1.807) is 0 Å². The molecule has 0 bridgehead atoms. The molecule has 0 aromatic heterocycles. The summed E-state index contributed by atoms with van der Waals surface area (Å²) in [5.41, 5.74) is 0. The second kappa shape index (κ2) is 8.11. The predicted octanol–water partition coefficient (Wildman–Crippen LogP) is 2.72. The summed E-state index contributed by atoms with van der Waals surface area (Å²) < 4.78 is 0. The van der Waals surface area contributed by atoms with Crippen LogP contribution in [-0.4, -0.2) is 23.0 Å². The number of hydrogen-bond donors (Lipinski definition) is 2. The second-order valence-corrected chi connectivity index (χ2v) is 5.29. The molecule has 4 heteroatoms. The average molecular weight is 255 g/mol. The van der Waals surface area contributed by atoms with E-state index in [2.05, 4.69) is 5.32 Å². The van der Waals surface area contributed by atoms with Crippen LogP contribution in [0.2, 0.25) is 0 Å². The standard InChI is InChI=1S/C14H25NO3/c1-2-3-8-12(14(17)18)15-13(16)10-9-11-6-4-5-7-11/h11-12H,2-10H2,1H3,(H,15,16)(H,17,18). The molecule has 1 unspecified atom stereocenters. The van der Waals surface area contributed by atoms with Crippen LogP contribution in [0.4, 0.5) is 0 Å². The van der Waals surface area contributed by atoms with Crippen LogP contribution in [0.1, 0.15) is 64.7 Å². The van der Waals surface area contributed by atoms with Crippen molar-refractivity contribution in [1.82, 2.24) is 5.32 Å². The Balaban J connectivity index is 2.24. The van der Waals surface area contributed by atoms with E-state index in [0.29, 0.717) is 18.8 Å². The summed E-state index contributed by atoms with van der Waals surface area (Å²) in [5.74, 6) is -0.349. The summed E-state index contributed by atoms with van der Waals surface area (Å²) in [4.78, 5) is 22.7. The molecule has 0 aromatic carbocycles. The Morgan fingerprint density at radius 1 is 1.33 bits per heavy atom. The average Bonchev–Trinajstić information content (AvgIpc) is 2.84. The zero-order chi connectivity index (χ0) is 13.4. The van der Waals surface area contributed by atoms with Crippen molar-refractivity contribution in [3.63, 3.8) is 0 Å². The van der Waals surface area contributed by atoms with E-state index in [1.165, 1.54) is 25.7 Å². The van der Waals surface area contributed by atoms with Crippen molar-refractivity contribution in [2.45, 2.75) is 70.8 Å². The van der Waals surface area contributed by atoms with Crippen LogP contribution in [0.25, 0.3) is 0 Å². The summed E-state index contributed by atoms with van der Waals surface area (Å²) in [5, 5.41) is 11.7. The lowest BCUT2D eigenvalue weighted by Gasteiger charge is -2.15. The summed E-state index contributed by atoms with van der Waals surface area (Å²) >= 11 is 0. The van der Waals surface area contributed by atoms with Gasteiger partial charge in [0.05, 0.1) is 0 Å². The number of carboxylic acids is 1. The topological polar surface area (TPSA) is 66.4 Å². The minimum Gasteiger partial charge on any atom is -0.480 e. The van der Waals surface area contributed by atoms with Crippen LogP contribution >= 0.6 is 0 Å². The molecular weight excluding hydrogens is 230 g/mol. The molecular formula is C14H25NO3. The summed E-state index contributed by atoms with van der Waals surface area (Å²) in [6.45, 7) is 2.01. The van der Waals surface area contributed by atoms with Crippen molar-refractivity contribution >= 4 is 11.9 Å². The van der Waals surface area contributed by atoms with Gasteiger partial charge in [-0.25, -0.2) is 4.79 Å². The maximum atomic E-state index is 11.7. The predicted molar refractivity (Wildman–Crippen MR) is 70.3 cm³/mol. The highest BCUT2D eigenvalue weighted by Gasteiger charge is 2.20. The van der Waals surface area contributed by atoms with Gasteiger partial charge in [-0.05, 0) is 18.8 Å². The third-order valence-electron chi connectivity index (χ3n) is 3.73. The number of unbranched alkanes of at least 4 members (excludes halogenated alkanes) is 1. The third kappa shape index (κ3) is 5.52. The molecule has 0 heterocycles. The summed E-state index contributed by atoms with van der Waals surface area (Å²) in [6, 6.07) is -0.707. The molecule has 18 heavy (non-hydrogen) atoms. The second-order valence-electron chi connectivity index (χ2n) is 5.29. The number of carboxylic acid groups (broad SMARTS) is 1. The maximum absolute atomic E-state index is 11.7. The van der Waals surface area contributed by atoms with Gasteiger partial charge in [0.25, 0.3) is 0 Å². The summed E-state index contributed by atoms with van der Waals surface area (Å²) in [6.07, 6.45) is 8.70. The Morgan fingerprint density at radius 3 is 2.56 bits per heavy atom. The number of nitrogens with one attached hydrogen (secondary N) is 1. The van der Waals surface area contributed by atoms with Crippen LogP contribution in [-0.2, 0) is 9.59 Å². The third-order valence-corrected chi connectivity index (χ3v) is 3.73. The molecule has 1 amide bonds. The van der Waals surface area contributed by atoms with Crippen LogP contribution in [0.15, 0.2) is 0 Å². The van der Waals surface area contributed by atoms with Gasteiger partial charge in [-0.2, -0.15) is 0 Å². The quantitative estimate of drug-likeness (QED) is 0.700. The van der Waals surface area contributed by atoms with Gasteiger partial charge >= 0.3 is 5.97 Å². The Morgan fingerprint density at radius 2 is 2.00 bits per heavy atom.